The highest BCUT2D eigenvalue weighted by Crippen LogP contribution is 2.37. The molecular formula is C22H31NO5S. The average molecular weight is 422 g/mol. The number of rotatable bonds is 1. The number of fused-ring (bicyclic) bond motifs is 2. The Hall–Kier alpha value is -1.49. The van der Waals surface area contributed by atoms with E-state index < -0.39 is 17.9 Å². The van der Waals surface area contributed by atoms with E-state index in [2.05, 4.69) is 24.1 Å². The van der Waals surface area contributed by atoms with Crippen LogP contribution < -0.4 is 5.32 Å². The third-order valence-corrected chi connectivity index (χ3v) is 6.59. The first-order chi connectivity index (χ1) is 13.8. The lowest BCUT2D eigenvalue weighted by Gasteiger charge is -2.43. The van der Waals surface area contributed by atoms with Crippen molar-refractivity contribution in [2.45, 2.75) is 89.3 Å². The zero-order chi connectivity index (χ0) is 20.9. The zero-order valence-corrected chi connectivity index (χ0v) is 18.1. The van der Waals surface area contributed by atoms with Gasteiger partial charge in [0.15, 0.2) is 5.79 Å². The van der Waals surface area contributed by atoms with Gasteiger partial charge in [0.25, 0.3) is 5.24 Å². The molecular weight excluding hydrogens is 390 g/mol. The molecule has 0 aromatic carbocycles. The monoisotopic (exact) mass is 421 g/mol. The van der Waals surface area contributed by atoms with Gasteiger partial charge in [0.1, 0.15) is 6.10 Å². The third-order valence-electron chi connectivity index (χ3n) is 5.71. The molecule has 3 rings (SSSR count). The van der Waals surface area contributed by atoms with Gasteiger partial charge < -0.3 is 19.9 Å². The van der Waals surface area contributed by atoms with Crippen molar-refractivity contribution in [3.8, 4) is 11.8 Å². The summed E-state index contributed by atoms with van der Waals surface area (Å²) in [6, 6.07) is -0.504. The van der Waals surface area contributed by atoms with Crippen LogP contribution in [0.25, 0.3) is 0 Å². The molecule has 29 heavy (non-hydrogen) atoms. The minimum absolute atomic E-state index is 0.161. The molecule has 1 amide bonds. The standard InChI is InChI=1S/C22H31NO5S/c1-15-7-5-3-4-6-8-16(2)11-20(24)27-18-12-17(10-9-15)28-22(26,13-18)19-14-29-21(25)23-19/h11,15,17-19,26H,4,6-10,12-14H2,1-2H3,(H,23,25)/b16-11-/t15-,17-,18-,19+,22-/m1/s1. The summed E-state index contributed by atoms with van der Waals surface area (Å²) in [5, 5.41) is 13.8. The van der Waals surface area contributed by atoms with Gasteiger partial charge in [-0.1, -0.05) is 24.3 Å². The first-order valence-electron chi connectivity index (χ1n) is 10.5. The molecule has 5 atom stereocenters. The van der Waals surface area contributed by atoms with E-state index in [4.69, 9.17) is 9.47 Å². The number of nitrogens with one attached hydrogen (secondary N) is 1. The van der Waals surface area contributed by atoms with Crippen LogP contribution in [0.2, 0.25) is 0 Å². The number of carbonyl (C=O) groups is 2. The van der Waals surface area contributed by atoms with Gasteiger partial charge in [-0.05, 0) is 38.5 Å². The highest BCUT2D eigenvalue weighted by atomic mass is 32.2. The van der Waals surface area contributed by atoms with Crippen molar-refractivity contribution >= 4 is 23.0 Å². The van der Waals surface area contributed by atoms with Crippen molar-refractivity contribution in [3.05, 3.63) is 11.6 Å². The Morgan fingerprint density at radius 1 is 1.28 bits per heavy atom. The summed E-state index contributed by atoms with van der Waals surface area (Å²) in [6.07, 6.45) is 6.66. The molecule has 0 aromatic heterocycles. The number of ether oxygens (including phenoxy) is 2. The fourth-order valence-corrected chi connectivity index (χ4v) is 4.93. The van der Waals surface area contributed by atoms with Crippen molar-refractivity contribution in [1.29, 1.82) is 0 Å². The number of thioether (sulfide) groups is 1. The molecule has 6 nitrogen and oxygen atoms in total. The van der Waals surface area contributed by atoms with Gasteiger partial charge in [-0.3, -0.25) is 4.79 Å². The first kappa shape index (κ1) is 22.2. The number of aliphatic hydroxyl groups is 1. The fourth-order valence-electron chi connectivity index (χ4n) is 4.04. The number of carbonyl (C=O) groups excluding carboxylic acids is 2. The molecule has 0 aliphatic carbocycles. The molecule has 3 heterocycles. The van der Waals surface area contributed by atoms with Crippen molar-refractivity contribution in [2.75, 3.05) is 5.75 Å². The van der Waals surface area contributed by atoms with Crippen molar-refractivity contribution in [1.82, 2.24) is 5.32 Å². The summed E-state index contributed by atoms with van der Waals surface area (Å²) in [4.78, 5) is 24.0. The van der Waals surface area contributed by atoms with Crippen LogP contribution in [0.5, 0.6) is 0 Å². The van der Waals surface area contributed by atoms with Gasteiger partial charge in [-0.2, -0.15) is 0 Å². The number of amides is 1. The zero-order valence-electron chi connectivity index (χ0n) is 17.2. The molecule has 0 radical (unpaired) electrons. The highest BCUT2D eigenvalue weighted by molar-refractivity contribution is 8.14. The molecule has 0 unspecified atom stereocenters. The average Bonchev–Trinajstić information content (AvgIpc) is 3.09. The molecule has 2 N–H and O–H groups in total. The van der Waals surface area contributed by atoms with Crippen LogP contribution in [0.4, 0.5) is 4.79 Å². The molecule has 2 fully saturated rings. The van der Waals surface area contributed by atoms with E-state index in [9.17, 15) is 14.7 Å². The van der Waals surface area contributed by atoms with Crippen LogP contribution >= 0.6 is 11.8 Å². The van der Waals surface area contributed by atoms with Crippen LogP contribution in [-0.2, 0) is 14.3 Å². The van der Waals surface area contributed by atoms with Gasteiger partial charge in [0.05, 0.1) is 12.1 Å². The van der Waals surface area contributed by atoms with Gasteiger partial charge >= 0.3 is 5.97 Å². The Morgan fingerprint density at radius 3 is 2.86 bits per heavy atom. The summed E-state index contributed by atoms with van der Waals surface area (Å²) < 4.78 is 11.8. The maximum Gasteiger partial charge on any atom is 0.330 e. The lowest BCUT2D eigenvalue weighted by Crippen LogP contribution is -2.58. The van der Waals surface area contributed by atoms with E-state index in [1.807, 2.05) is 6.92 Å². The number of esters is 1. The molecule has 7 heteroatoms. The van der Waals surface area contributed by atoms with Crippen LogP contribution in [0.15, 0.2) is 11.6 Å². The van der Waals surface area contributed by atoms with E-state index >= 15 is 0 Å². The number of hydrogen-bond acceptors (Lipinski definition) is 6. The smallest absolute Gasteiger partial charge is 0.330 e. The molecule has 3 aliphatic heterocycles. The summed E-state index contributed by atoms with van der Waals surface area (Å²) >= 11 is 1.14. The van der Waals surface area contributed by atoms with Crippen molar-refractivity contribution in [2.24, 2.45) is 5.92 Å². The Balaban J connectivity index is 1.76. The lowest BCUT2D eigenvalue weighted by molar-refractivity contribution is -0.283. The van der Waals surface area contributed by atoms with Crippen molar-refractivity contribution < 1.29 is 24.2 Å². The topological polar surface area (TPSA) is 84.9 Å². The summed E-state index contributed by atoms with van der Waals surface area (Å²) in [5.74, 6) is 5.44. The van der Waals surface area contributed by atoms with E-state index in [1.54, 1.807) is 0 Å². The second-order valence-electron chi connectivity index (χ2n) is 8.46. The Kier molecular flexibility index (Phi) is 7.66. The highest BCUT2D eigenvalue weighted by Gasteiger charge is 2.49. The second-order valence-corrected chi connectivity index (χ2v) is 9.46. The van der Waals surface area contributed by atoms with Gasteiger partial charge in [-0.25, -0.2) is 4.79 Å². The van der Waals surface area contributed by atoms with Gasteiger partial charge in [0, 0.05) is 37.5 Å². The molecule has 3 aliphatic rings. The van der Waals surface area contributed by atoms with E-state index in [-0.39, 0.29) is 23.7 Å². The van der Waals surface area contributed by atoms with Crippen LogP contribution in [0, 0.1) is 17.8 Å². The molecule has 0 spiro atoms. The van der Waals surface area contributed by atoms with E-state index in [0.717, 1.165) is 55.9 Å². The predicted octanol–water partition coefficient (Wildman–Crippen LogP) is 3.53. The van der Waals surface area contributed by atoms with E-state index in [1.165, 1.54) is 6.08 Å². The predicted molar refractivity (Wildman–Crippen MR) is 112 cm³/mol. The minimum Gasteiger partial charge on any atom is -0.459 e. The van der Waals surface area contributed by atoms with Crippen molar-refractivity contribution in [3.63, 3.8) is 0 Å². The molecule has 2 saturated heterocycles. The second kappa shape index (κ2) is 10.0. The lowest BCUT2D eigenvalue weighted by atomic mass is 9.90. The Bertz CT molecular complexity index is 712. The SMILES string of the molecule is C/C1=C/C(=O)O[C@@H]2C[C@@H](CC[C@H](C)CC#CCCC1)O[C@@](O)([C@@H]1CSC(=O)N1)C2. The number of allylic oxidation sites excluding steroid dienone is 1. The molecule has 0 saturated carbocycles. The fraction of sp³-hybridized carbons (Fsp3) is 0.727. The normalized spacial score (nSPS) is 38.8. The van der Waals surface area contributed by atoms with Gasteiger partial charge in [0.2, 0.25) is 0 Å². The molecule has 160 valence electrons. The Labute approximate surface area is 177 Å². The quantitative estimate of drug-likeness (QED) is 0.498. The van der Waals surface area contributed by atoms with Crippen LogP contribution in [-0.4, -0.2) is 46.1 Å². The van der Waals surface area contributed by atoms with Crippen LogP contribution in [0.3, 0.4) is 0 Å². The summed E-state index contributed by atoms with van der Waals surface area (Å²) in [5.41, 5.74) is 0.968. The first-order valence-corrected chi connectivity index (χ1v) is 11.5. The van der Waals surface area contributed by atoms with Crippen LogP contribution in [0.1, 0.15) is 65.2 Å². The maximum absolute atomic E-state index is 12.4. The molecule has 2 bridgehead atoms. The summed E-state index contributed by atoms with van der Waals surface area (Å²) in [6.45, 7) is 4.10. The third kappa shape index (κ3) is 6.50. The largest absolute Gasteiger partial charge is 0.459 e. The summed E-state index contributed by atoms with van der Waals surface area (Å²) in [7, 11) is 0. The van der Waals surface area contributed by atoms with E-state index in [0.29, 0.717) is 18.1 Å². The van der Waals surface area contributed by atoms with Gasteiger partial charge in [-0.15, -0.1) is 11.8 Å². The minimum atomic E-state index is -1.53. The number of hydrogen-bond donors (Lipinski definition) is 2. The Morgan fingerprint density at radius 2 is 2.10 bits per heavy atom. The maximum atomic E-state index is 12.4. The molecule has 0 aromatic rings.